The van der Waals surface area contributed by atoms with Crippen LogP contribution >= 0.6 is 23.8 Å². The number of benzene rings is 1. The van der Waals surface area contributed by atoms with Crippen molar-refractivity contribution >= 4 is 28.9 Å². The molecule has 7 heteroatoms. The third-order valence-corrected chi connectivity index (χ3v) is 5.41. The smallest absolute Gasteiger partial charge is 0.170 e. The van der Waals surface area contributed by atoms with Gasteiger partial charge in [0.15, 0.2) is 5.11 Å². The average molecular weight is 414 g/mol. The van der Waals surface area contributed by atoms with E-state index in [2.05, 4.69) is 15.2 Å². The number of aliphatic hydroxyl groups is 1. The predicted molar refractivity (Wildman–Crippen MR) is 113 cm³/mol. The molecule has 3 heterocycles. The van der Waals surface area contributed by atoms with E-state index in [9.17, 15) is 5.11 Å². The molecule has 1 aromatic carbocycles. The van der Waals surface area contributed by atoms with Crippen molar-refractivity contribution in [2.24, 2.45) is 0 Å². The molecule has 0 radical (unpaired) electrons. The van der Waals surface area contributed by atoms with Gasteiger partial charge in [0, 0.05) is 29.9 Å². The first-order valence-electron chi connectivity index (χ1n) is 9.12. The second-order valence-electron chi connectivity index (χ2n) is 6.61. The molecule has 1 aliphatic rings. The Bertz CT molecular complexity index is 946. The molecule has 0 bridgehead atoms. The molecule has 4 rings (SSSR count). The normalized spacial score (nSPS) is 19.1. The lowest BCUT2D eigenvalue weighted by atomic mass is 10.0. The second kappa shape index (κ2) is 8.31. The summed E-state index contributed by atoms with van der Waals surface area (Å²) < 4.78 is 6.23. The van der Waals surface area contributed by atoms with Gasteiger partial charge in [0.2, 0.25) is 0 Å². The molecular formula is C21H20ClN3O2S. The van der Waals surface area contributed by atoms with Gasteiger partial charge < -0.3 is 19.7 Å². The second-order valence-corrected chi connectivity index (χ2v) is 7.43. The number of hydrogen-bond acceptors (Lipinski definition) is 4. The zero-order chi connectivity index (χ0) is 19.5. The number of rotatable bonds is 6. The Kier molecular flexibility index (Phi) is 5.62. The van der Waals surface area contributed by atoms with Gasteiger partial charge in [0.1, 0.15) is 17.6 Å². The van der Waals surface area contributed by atoms with Crippen molar-refractivity contribution in [3.63, 3.8) is 0 Å². The van der Waals surface area contributed by atoms with Crippen LogP contribution in [-0.2, 0) is 0 Å². The maximum atomic E-state index is 9.29. The number of nitrogens with one attached hydrogen (secondary N) is 1. The fraction of sp³-hybridized carbons (Fsp3) is 0.238. The van der Waals surface area contributed by atoms with Crippen LogP contribution in [0.15, 0.2) is 65.2 Å². The van der Waals surface area contributed by atoms with Gasteiger partial charge in [-0.05, 0) is 67.2 Å². The summed E-state index contributed by atoms with van der Waals surface area (Å²) >= 11 is 11.6. The molecule has 2 atom stereocenters. The molecule has 144 valence electrons. The first-order valence-corrected chi connectivity index (χ1v) is 9.90. The molecule has 5 nitrogen and oxygen atoms in total. The van der Waals surface area contributed by atoms with E-state index < -0.39 is 0 Å². The highest BCUT2D eigenvalue weighted by Crippen LogP contribution is 2.40. The Morgan fingerprint density at radius 3 is 2.68 bits per heavy atom. The number of aliphatic hydroxyl groups excluding tert-OH is 1. The van der Waals surface area contributed by atoms with Crippen LogP contribution in [-0.4, -0.2) is 33.3 Å². The minimum absolute atomic E-state index is 0.105. The van der Waals surface area contributed by atoms with Crippen molar-refractivity contribution in [1.82, 2.24) is 15.2 Å². The number of nitrogens with zero attached hydrogens (tertiary/aromatic N) is 2. The van der Waals surface area contributed by atoms with Crippen molar-refractivity contribution in [2.45, 2.75) is 18.5 Å². The zero-order valence-corrected chi connectivity index (χ0v) is 16.7. The van der Waals surface area contributed by atoms with Gasteiger partial charge in [-0.1, -0.05) is 17.7 Å². The third-order valence-electron chi connectivity index (χ3n) is 4.80. The lowest BCUT2D eigenvalue weighted by Gasteiger charge is -2.25. The SMILES string of the molecule is OCCCN1C(=S)NC(c2ccccn2)C1c1ccc(-c2ccc(Cl)cc2)o1. The number of furan rings is 1. The predicted octanol–water partition coefficient (Wildman–Crippen LogP) is 4.35. The average Bonchev–Trinajstić information content (AvgIpc) is 3.32. The fourth-order valence-corrected chi connectivity index (χ4v) is 3.94. The van der Waals surface area contributed by atoms with Crippen LogP contribution in [0.4, 0.5) is 0 Å². The molecule has 3 aromatic rings. The summed E-state index contributed by atoms with van der Waals surface area (Å²) in [7, 11) is 0. The number of aromatic nitrogens is 1. The molecule has 2 aromatic heterocycles. The highest BCUT2D eigenvalue weighted by atomic mass is 35.5. The molecule has 1 saturated heterocycles. The van der Waals surface area contributed by atoms with Gasteiger partial charge in [-0.15, -0.1) is 0 Å². The Morgan fingerprint density at radius 2 is 1.96 bits per heavy atom. The molecule has 0 spiro atoms. The van der Waals surface area contributed by atoms with Crippen LogP contribution in [0, 0.1) is 0 Å². The molecule has 0 amide bonds. The molecule has 1 fully saturated rings. The fourth-order valence-electron chi connectivity index (χ4n) is 3.48. The van der Waals surface area contributed by atoms with Gasteiger partial charge in [0.05, 0.1) is 11.7 Å². The first-order chi connectivity index (χ1) is 13.7. The summed E-state index contributed by atoms with van der Waals surface area (Å²) in [6.07, 6.45) is 2.40. The van der Waals surface area contributed by atoms with E-state index in [0.717, 1.165) is 22.8 Å². The monoisotopic (exact) mass is 413 g/mol. The van der Waals surface area contributed by atoms with E-state index in [4.69, 9.17) is 28.2 Å². The quantitative estimate of drug-likeness (QED) is 0.586. The van der Waals surface area contributed by atoms with Crippen molar-refractivity contribution in [1.29, 1.82) is 0 Å². The summed E-state index contributed by atoms with van der Waals surface area (Å²) in [5, 5.41) is 14.0. The van der Waals surface area contributed by atoms with Gasteiger partial charge in [-0.3, -0.25) is 4.98 Å². The maximum absolute atomic E-state index is 9.29. The van der Waals surface area contributed by atoms with Crippen LogP contribution in [0.5, 0.6) is 0 Å². The van der Waals surface area contributed by atoms with E-state index in [1.54, 1.807) is 6.20 Å². The van der Waals surface area contributed by atoms with E-state index in [1.807, 2.05) is 54.6 Å². The summed E-state index contributed by atoms with van der Waals surface area (Å²) in [5.41, 5.74) is 1.85. The lowest BCUT2D eigenvalue weighted by Crippen LogP contribution is -2.30. The summed E-state index contributed by atoms with van der Waals surface area (Å²) in [6, 6.07) is 17.0. The van der Waals surface area contributed by atoms with Gasteiger partial charge >= 0.3 is 0 Å². The minimum atomic E-state index is -0.144. The highest BCUT2D eigenvalue weighted by molar-refractivity contribution is 7.80. The Hall–Kier alpha value is -2.41. The van der Waals surface area contributed by atoms with Crippen LogP contribution in [0.2, 0.25) is 5.02 Å². The van der Waals surface area contributed by atoms with E-state index in [-0.39, 0.29) is 18.7 Å². The maximum Gasteiger partial charge on any atom is 0.170 e. The van der Waals surface area contributed by atoms with Crippen LogP contribution in [0.25, 0.3) is 11.3 Å². The van der Waals surface area contributed by atoms with Crippen molar-refractivity contribution in [3.8, 4) is 11.3 Å². The topological polar surface area (TPSA) is 61.5 Å². The molecule has 1 aliphatic heterocycles. The summed E-state index contributed by atoms with van der Waals surface area (Å²) in [6.45, 7) is 0.738. The zero-order valence-electron chi connectivity index (χ0n) is 15.1. The van der Waals surface area contributed by atoms with Gasteiger partial charge in [0.25, 0.3) is 0 Å². The van der Waals surface area contributed by atoms with Gasteiger partial charge in [-0.25, -0.2) is 0 Å². The Morgan fingerprint density at radius 1 is 1.14 bits per heavy atom. The molecule has 0 aliphatic carbocycles. The number of hydrogen-bond donors (Lipinski definition) is 2. The summed E-state index contributed by atoms with van der Waals surface area (Å²) in [4.78, 5) is 6.57. The van der Waals surface area contributed by atoms with E-state index in [0.29, 0.717) is 23.1 Å². The number of halogens is 1. The standard InChI is InChI=1S/C21H20ClN3O2S/c22-15-7-5-14(6-8-15)17-9-10-18(27-17)20-19(16-4-1-2-11-23-16)24-21(28)25(20)12-3-13-26/h1-2,4-11,19-20,26H,3,12-13H2,(H,24,28). The van der Waals surface area contributed by atoms with Crippen LogP contribution in [0.3, 0.4) is 0 Å². The third kappa shape index (κ3) is 3.76. The first kappa shape index (κ1) is 18.9. The lowest BCUT2D eigenvalue weighted by molar-refractivity contribution is 0.233. The van der Waals surface area contributed by atoms with Crippen molar-refractivity contribution < 1.29 is 9.52 Å². The molecule has 0 saturated carbocycles. The molecule has 2 unspecified atom stereocenters. The van der Waals surface area contributed by atoms with E-state index >= 15 is 0 Å². The summed E-state index contributed by atoms with van der Waals surface area (Å²) in [5.74, 6) is 1.57. The largest absolute Gasteiger partial charge is 0.459 e. The van der Waals surface area contributed by atoms with Crippen molar-refractivity contribution in [3.05, 3.63) is 77.3 Å². The van der Waals surface area contributed by atoms with Gasteiger partial charge in [-0.2, -0.15) is 0 Å². The Labute approximate surface area is 174 Å². The van der Waals surface area contributed by atoms with Crippen LogP contribution in [0.1, 0.15) is 30.0 Å². The molecule has 2 N–H and O–H groups in total. The number of thiocarbonyl (C=S) groups is 1. The van der Waals surface area contributed by atoms with Crippen LogP contribution < -0.4 is 5.32 Å². The minimum Gasteiger partial charge on any atom is -0.459 e. The highest BCUT2D eigenvalue weighted by Gasteiger charge is 2.41. The molecule has 28 heavy (non-hydrogen) atoms. The number of pyridine rings is 1. The van der Waals surface area contributed by atoms with E-state index in [1.165, 1.54) is 0 Å². The van der Waals surface area contributed by atoms with Crippen molar-refractivity contribution in [2.75, 3.05) is 13.2 Å². The Balaban J connectivity index is 1.70. The molecular weight excluding hydrogens is 394 g/mol.